The zero-order valence-electron chi connectivity index (χ0n) is 19.5. The molecule has 0 aliphatic heterocycles. The van der Waals surface area contributed by atoms with Crippen molar-refractivity contribution in [1.82, 2.24) is 14.5 Å². The van der Waals surface area contributed by atoms with Crippen LogP contribution in [-0.4, -0.2) is 25.7 Å². The number of para-hydroxylation sites is 1. The Morgan fingerprint density at radius 2 is 1.69 bits per heavy atom. The summed E-state index contributed by atoms with van der Waals surface area (Å²) in [4.78, 5) is 9.57. The molecule has 172 valence electrons. The first-order chi connectivity index (χ1) is 17.1. The Kier molecular flexibility index (Phi) is 5.12. The second-order valence-corrected chi connectivity index (χ2v) is 9.53. The number of nitrogens with zero attached hydrogens (tertiary/aromatic N) is 4. The van der Waals surface area contributed by atoms with Gasteiger partial charge in [0.25, 0.3) is 0 Å². The summed E-state index contributed by atoms with van der Waals surface area (Å²) < 4.78 is 2.27. The van der Waals surface area contributed by atoms with E-state index in [4.69, 9.17) is 4.98 Å². The number of aliphatic hydroxyl groups excluding tert-OH is 1. The number of allylic oxidation sites excluding steroid dienone is 1. The van der Waals surface area contributed by atoms with Gasteiger partial charge in [0.15, 0.2) is 0 Å². The van der Waals surface area contributed by atoms with Gasteiger partial charge in [-0.05, 0) is 54.5 Å². The summed E-state index contributed by atoms with van der Waals surface area (Å²) in [5.74, 6) is 0.911. The number of rotatable bonds is 3. The van der Waals surface area contributed by atoms with Crippen LogP contribution in [0, 0.1) is 23.2 Å². The summed E-state index contributed by atoms with van der Waals surface area (Å²) in [5, 5.41) is 21.0. The van der Waals surface area contributed by atoms with Gasteiger partial charge in [-0.3, -0.25) is 9.55 Å². The fourth-order valence-corrected chi connectivity index (χ4v) is 6.19. The normalized spacial score (nSPS) is 25.2. The maximum atomic E-state index is 11.0. The maximum absolute atomic E-state index is 11.0. The molecule has 5 nitrogen and oxygen atoms in total. The Morgan fingerprint density at radius 1 is 1.00 bits per heavy atom. The zero-order valence-corrected chi connectivity index (χ0v) is 19.5. The van der Waals surface area contributed by atoms with Crippen LogP contribution in [0.2, 0.25) is 0 Å². The van der Waals surface area contributed by atoms with Crippen LogP contribution in [0.25, 0.3) is 17.1 Å². The third-order valence-corrected chi connectivity index (χ3v) is 7.81. The molecule has 4 aromatic rings. The summed E-state index contributed by atoms with van der Waals surface area (Å²) in [6.45, 7) is 2.07. The lowest BCUT2D eigenvalue weighted by molar-refractivity contribution is 0.0726. The number of aliphatic hydroxyl groups is 1. The zero-order chi connectivity index (χ0) is 24.0. The van der Waals surface area contributed by atoms with E-state index in [0.29, 0.717) is 5.57 Å². The van der Waals surface area contributed by atoms with Crippen LogP contribution in [0.1, 0.15) is 30.3 Å². The van der Waals surface area contributed by atoms with Crippen molar-refractivity contribution in [1.29, 1.82) is 5.26 Å². The van der Waals surface area contributed by atoms with E-state index in [2.05, 4.69) is 46.8 Å². The SMILES string of the molecule is C[C@@H]1C(O)C(C#N)=C[C@]2(c3ccccc3)c3nc(-c4ccncc4)n(-c4ccccc4)c3CC[C@@H]12. The lowest BCUT2D eigenvalue weighted by Crippen LogP contribution is -2.49. The molecule has 2 aliphatic carbocycles. The molecule has 0 saturated heterocycles. The van der Waals surface area contributed by atoms with Crippen LogP contribution in [0.5, 0.6) is 0 Å². The first-order valence-corrected chi connectivity index (χ1v) is 12.1. The molecule has 4 atom stereocenters. The largest absolute Gasteiger partial charge is 0.387 e. The van der Waals surface area contributed by atoms with Gasteiger partial charge in [-0.25, -0.2) is 4.98 Å². The molecule has 5 heteroatoms. The minimum Gasteiger partial charge on any atom is -0.387 e. The highest BCUT2D eigenvalue weighted by Gasteiger charge is 2.54. The van der Waals surface area contributed by atoms with Crippen LogP contribution < -0.4 is 0 Å². The molecular formula is C30H26N4O. The van der Waals surface area contributed by atoms with Crippen molar-refractivity contribution in [2.24, 2.45) is 11.8 Å². The molecule has 0 amide bonds. The van der Waals surface area contributed by atoms with Crippen LogP contribution in [-0.2, 0) is 11.8 Å². The van der Waals surface area contributed by atoms with E-state index in [0.717, 1.165) is 46.9 Å². The van der Waals surface area contributed by atoms with E-state index < -0.39 is 11.5 Å². The standard InChI is InChI=1S/C30H26N4O/c1-20-25-12-13-26-28(30(25,18-22(19-31)27(20)35)23-8-4-2-5-9-23)33-29(21-14-16-32-17-15-21)34(26)24-10-6-3-7-11-24/h2-11,14-18,20,25,27,35H,12-13H2,1H3/t20-,25-,27?,30+/m0/s1. The highest BCUT2D eigenvalue weighted by molar-refractivity contribution is 5.63. The van der Waals surface area contributed by atoms with E-state index >= 15 is 0 Å². The minimum atomic E-state index is -0.765. The number of fused-ring (bicyclic) bond motifs is 3. The van der Waals surface area contributed by atoms with E-state index in [1.165, 1.54) is 0 Å². The summed E-state index contributed by atoms with van der Waals surface area (Å²) in [6.07, 6.45) is 6.56. The number of hydrogen-bond acceptors (Lipinski definition) is 4. The highest BCUT2D eigenvalue weighted by atomic mass is 16.3. The van der Waals surface area contributed by atoms with Crippen molar-refractivity contribution < 1.29 is 5.11 Å². The van der Waals surface area contributed by atoms with Gasteiger partial charge in [-0.15, -0.1) is 0 Å². The number of hydrogen-bond donors (Lipinski definition) is 1. The molecule has 2 aliphatic rings. The van der Waals surface area contributed by atoms with Gasteiger partial charge in [0.1, 0.15) is 5.82 Å². The Bertz CT molecular complexity index is 1440. The van der Waals surface area contributed by atoms with Crippen LogP contribution in [0.15, 0.2) is 96.8 Å². The molecule has 0 bridgehead atoms. The van der Waals surface area contributed by atoms with Gasteiger partial charge in [-0.2, -0.15) is 5.26 Å². The Balaban J connectivity index is 1.72. The molecule has 1 unspecified atom stereocenters. The number of nitriles is 1. The first-order valence-electron chi connectivity index (χ1n) is 12.1. The molecule has 2 aromatic carbocycles. The van der Waals surface area contributed by atoms with E-state index in [-0.39, 0.29) is 11.8 Å². The molecule has 0 spiro atoms. The Labute approximate surface area is 205 Å². The number of imidazole rings is 1. The first kappa shape index (κ1) is 21.5. The van der Waals surface area contributed by atoms with Gasteiger partial charge in [0.05, 0.1) is 28.9 Å². The van der Waals surface area contributed by atoms with Crippen LogP contribution in [0.4, 0.5) is 0 Å². The highest BCUT2D eigenvalue weighted by Crippen LogP contribution is 2.55. The average molecular weight is 459 g/mol. The number of pyridine rings is 1. The molecule has 0 radical (unpaired) electrons. The molecule has 2 heterocycles. The number of aromatic nitrogens is 3. The van der Waals surface area contributed by atoms with Crippen molar-refractivity contribution in [3.05, 3.63) is 114 Å². The molecule has 35 heavy (non-hydrogen) atoms. The van der Waals surface area contributed by atoms with Crippen molar-refractivity contribution in [2.45, 2.75) is 31.3 Å². The molecule has 6 rings (SSSR count). The predicted octanol–water partition coefficient (Wildman–Crippen LogP) is 5.24. The third-order valence-electron chi connectivity index (χ3n) is 7.81. The van der Waals surface area contributed by atoms with Gasteiger partial charge in [0, 0.05) is 29.3 Å². The van der Waals surface area contributed by atoms with Crippen LogP contribution in [0.3, 0.4) is 0 Å². The van der Waals surface area contributed by atoms with Crippen molar-refractivity contribution in [3.8, 4) is 23.1 Å². The lowest BCUT2D eigenvalue weighted by atomic mass is 9.54. The molecule has 0 fully saturated rings. The predicted molar refractivity (Wildman–Crippen MR) is 135 cm³/mol. The topological polar surface area (TPSA) is 74.7 Å². The quantitative estimate of drug-likeness (QED) is 0.455. The monoisotopic (exact) mass is 458 g/mol. The molecule has 1 N–H and O–H groups in total. The molecule has 2 aromatic heterocycles. The van der Waals surface area contributed by atoms with Gasteiger partial charge in [0.2, 0.25) is 0 Å². The number of benzene rings is 2. The van der Waals surface area contributed by atoms with E-state index in [9.17, 15) is 10.4 Å². The smallest absolute Gasteiger partial charge is 0.145 e. The van der Waals surface area contributed by atoms with Crippen molar-refractivity contribution in [3.63, 3.8) is 0 Å². The van der Waals surface area contributed by atoms with Crippen molar-refractivity contribution >= 4 is 0 Å². The second kappa shape index (κ2) is 8.33. The Hall–Kier alpha value is -4.01. The second-order valence-electron chi connectivity index (χ2n) is 9.53. The van der Waals surface area contributed by atoms with E-state index in [1.54, 1.807) is 12.4 Å². The summed E-state index contributed by atoms with van der Waals surface area (Å²) in [7, 11) is 0. The fourth-order valence-electron chi connectivity index (χ4n) is 6.19. The van der Waals surface area contributed by atoms with E-state index in [1.807, 2.05) is 54.6 Å². The molecule has 0 saturated carbocycles. The maximum Gasteiger partial charge on any atom is 0.145 e. The van der Waals surface area contributed by atoms with Gasteiger partial charge in [-0.1, -0.05) is 61.5 Å². The Morgan fingerprint density at radius 3 is 2.37 bits per heavy atom. The molecular weight excluding hydrogens is 432 g/mol. The summed E-state index contributed by atoms with van der Waals surface area (Å²) in [6, 6.07) is 27.0. The van der Waals surface area contributed by atoms with Crippen LogP contribution >= 0.6 is 0 Å². The van der Waals surface area contributed by atoms with Gasteiger partial charge < -0.3 is 5.11 Å². The fraction of sp³-hybridized carbons (Fsp3) is 0.233. The van der Waals surface area contributed by atoms with Gasteiger partial charge >= 0.3 is 0 Å². The average Bonchev–Trinajstić information content (AvgIpc) is 3.32. The van der Waals surface area contributed by atoms with Crippen molar-refractivity contribution in [2.75, 3.05) is 0 Å². The minimum absolute atomic E-state index is 0.0748. The third kappa shape index (κ3) is 3.18. The summed E-state index contributed by atoms with van der Waals surface area (Å²) in [5.41, 5.74) is 5.11. The summed E-state index contributed by atoms with van der Waals surface area (Å²) >= 11 is 0. The lowest BCUT2D eigenvalue weighted by Gasteiger charge is -2.49.